The summed E-state index contributed by atoms with van der Waals surface area (Å²) < 4.78 is 12.0. The van der Waals surface area contributed by atoms with Gasteiger partial charge in [-0.05, 0) is 47.9 Å². The molecule has 2 amide bonds. The van der Waals surface area contributed by atoms with Crippen molar-refractivity contribution in [2.75, 3.05) is 20.3 Å². The van der Waals surface area contributed by atoms with Crippen LogP contribution in [-0.2, 0) is 22.6 Å². The van der Waals surface area contributed by atoms with Crippen LogP contribution in [0.1, 0.15) is 30.9 Å². The third-order valence-electron chi connectivity index (χ3n) is 5.83. The molecule has 196 valence electrons. The van der Waals surface area contributed by atoms with Gasteiger partial charge in [0.25, 0.3) is 5.91 Å². The lowest BCUT2D eigenvalue weighted by atomic mass is 10.0. The lowest BCUT2D eigenvalue weighted by Gasteiger charge is -2.31. The highest BCUT2D eigenvalue weighted by molar-refractivity contribution is 9.10. The maximum Gasteiger partial charge on any atom is 0.261 e. The molecule has 6 nitrogen and oxygen atoms in total. The number of benzene rings is 3. The fourth-order valence-electron chi connectivity index (χ4n) is 3.84. The molecule has 8 heteroatoms. The molecular weight excluding hydrogens is 556 g/mol. The number of amides is 2. The van der Waals surface area contributed by atoms with E-state index in [-0.39, 0.29) is 25.0 Å². The number of unbranched alkanes of at least 4 members (excludes halogenated alkanes) is 1. The molecule has 3 rings (SSSR count). The normalized spacial score (nSPS) is 11.5. The van der Waals surface area contributed by atoms with Gasteiger partial charge in [-0.25, -0.2) is 0 Å². The topological polar surface area (TPSA) is 67.9 Å². The second kappa shape index (κ2) is 14.6. The van der Waals surface area contributed by atoms with Crippen LogP contribution in [0.4, 0.5) is 0 Å². The lowest BCUT2D eigenvalue weighted by molar-refractivity contribution is -0.142. The molecule has 0 aliphatic carbocycles. The highest BCUT2D eigenvalue weighted by Crippen LogP contribution is 2.28. The number of carbonyl (C=O) groups excluding carboxylic acids is 2. The summed E-state index contributed by atoms with van der Waals surface area (Å²) in [4.78, 5) is 28.7. The Hall–Kier alpha value is -3.03. The molecule has 0 aliphatic heterocycles. The van der Waals surface area contributed by atoms with E-state index in [9.17, 15) is 9.59 Å². The van der Waals surface area contributed by atoms with Crippen LogP contribution in [0.5, 0.6) is 11.5 Å². The summed E-state index contributed by atoms with van der Waals surface area (Å²) in [6, 6.07) is 21.6. The van der Waals surface area contributed by atoms with Gasteiger partial charge < -0.3 is 19.7 Å². The minimum absolute atomic E-state index is 0.199. The van der Waals surface area contributed by atoms with Crippen LogP contribution < -0.4 is 14.8 Å². The molecule has 0 spiro atoms. The highest BCUT2D eigenvalue weighted by Gasteiger charge is 2.30. The summed E-state index contributed by atoms with van der Waals surface area (Å²) in [5.41, 5.74) is 1.80. The van der Waals surface area contributed by atoms with E-state index in [1.54, 1.807) is 30.2 Å². The molecule has 1 N–H and O–H groups in total. The third-order valence-corrected chi connectivity index (χ3v) is 6.62. The first kappa shape index (κ1) is 28.5. The molecule has 0 saturated carbocycles. The highest BCUT2D eigenvalue weighted by atomic mass is 79.9. The van der Waals surface area contributed by atoms with E-state index < -0.39 is 6.04 Å². The van der Waals surface area contributed by atoms with Crippen LogP contribution in [0.3, 0.4) is 0 Å². The van der Waals surface area contributed by atoms with E-state index in [2.05, 4.69) is 28.2 Å². The number of halogens is 2. The summed E-state index contributed by atoms with van der Waals surface area (Å²) in [5, 5.41) is 3.40. The molecule has 0 saturated heterocycles. The number of methoxy groups -OCH3 is 1. The Kier molecular flexibility index (Phi) is 11.3. The number of nitrogens with zero attached hydrogens (tertiary/aromatic N) is 1. The average Bonchev–Trinajstić information content (AvgIpc) is 2.90. The molecular formula is C29H32BrClN2O4. The van der Waals surface area contributed by atoms with Crippen molar-refractivity contribution in [3.63, 3.8) is 0 Å². The summed E-state index contributed by atoms with van der Waals surface area (Å²) in [5.74, 6) is 0.546. The molecule has 0 aromatic heterocycles. The number of hydrogen-bond acceptors (Lipinski definition) is 4. The first-order valence-corrected chi connectivity index (χ1v) is 13.4. The quantitative estimate of drug-likeness (QED) is 0.247. The third kappa shape index (κ3) is 8.79. The average molecular weight is 588 g/mol. The van der Waals surface area contributed by atoms with Gasteiger partial charge in [0.05, 0.1) is 12.1 Å². The van der Waals surface area contributed by atoms with Gasteiger partial charge in [-0.3, -0.25) is 9.59 Å². The van der Waals surface area contributed by atoms with Gasteiger partial charge in [-0.15, -0.1) is 0 Å². The Morgan fingerprint density at radius 1 is 1.03 bits per heavy atom. The van der Waals surface area contributed by atoms with E-state index in [1.165, 1.54) is 0 Å². The number of ether oxygens (including phenoxy) is 2. The van der Waals surface area contributed by atoms with Crippen LogP contribution >= 0.6 is 27.5 Å². The van der Waals surface area contributed by atoms with Crippen molar-refractivity contribution < 1.29 is 19.1 Å². The van der Waals surface area contributed by atoms with E-state index in [0.29, 0.717) is 29.5 Å². The Morgan fingerprint density at radius 3 is 2.49 bits per heavy atom. The van der Waals surface area contributed by atoms with Crippen LogP contribution in [0.15, 0.2) is 77.3 Å². The van der Waals surface area contributed by atoms with Crippen molar-refractivity contribution in [2.24, 2.45) is 0 Å². The van der Waals surface area contributed by atoms with Crippen molar-refractivity contribution in [1.29, 1.82) is 0 Å². The van der Waals surface area contributed by atoms with Gasteiger partial charge in [0.15, 0.2) is 6.61 Å². The molecule has 0 fully saturated rings. The number of carbonyl (C=O) groups is 2. The van der Waals surface area contributed by atoms with Crippen molar-refractivity contribution >= 4 is 39.3 Å². The van der Waals surface area contributed by atoms with Crippen LogP contribution in [0.2, 0.25) is 5.02 Å². The van der Waals surface area contributed by atoms with Gasteiger partial charge in [0, 0.05) is 24.0 Å². The SMILES string of the molecule is CCCCNC(=O)[C@@H](Cc1ccccc1)N(Cc1cccc(OC)c1)C(=O)COc1ccc(Br)cc1Cl. The maximum absolute atomic E-state index is 13.7. The minimum atomic E-state index is -0.734. The predicted octanol–water partition coefficient (Wildman–Crippen LogP) is 6.05. The molecule has 0 radical (unpaired) electrons. The molecule has 0 unspecified atom stereocenters. The Balaban J connectivity index is 1.91. The molecule has 0 aliphatic rings. The monoisotopic (exact) mass is 586 g/mol. The zero-order chi connectivity index (χ0) is 26.6. The Labute approximate surface area is 232 Å². The number of rotatable bonds is 13. The van der Waals surface area contributed by atoms with Gasteiger partial charge >= 0.3 is 0 Å². The standard InChI is InChI=1S/C29H32BrClN2O4/c1-3-4-15-32-29(35)26(17-21-9-6-5-7-10-21)33(19-22-11-8-12-24(16-22)36-2)28(34)20-37-27-14-13-23(30)18-25(27)31/h5-14,16,18,26H,3-4,15,17,19-20H2,1-2H3,(H,32,35)/t26-/m1/s1. The second-order valence-corrected chi connectivity index (χ2v) is 9.91. The van der Waals surface area contributed by atoms with Crippen molar-refractivity contribution in [1.82, 2.24) is 10.2 Å². The van der Waals surface area contributed by atoms with Gasteiger partial charge in [0.2, 0.25) is 5.91 Å². The lowest BCUT2D eigenvalue weighted by Crippen LogP contribution is -2.51. The van der Waals surface area contributed by atoms with Gasteiger partial charge in [-0.2, -0.15) is 0 Å². The van der Waals surface area contributed by atoms with Crippen molar-refractivity contribution in [2.45, 2.75) is 38.8 Å². The zero-order valence-electron chi connectivity index (χ0n) is 21.1. The van der Waals surface area contributed by atoms with E-state index in [1.807, 2.05) is 54.6 Å². The fraction of sp³-hybridized carbons (Fsp3) is 0.310. The van der Waals surface area contributed by atoms with Crippen molar-refractivity contribution in [3.8, 4) is 11.5 Å². The van der Waals surface area contributed by atoms with E-state index in [4.69, 9.17) is 21.1 Å². The first-order chi connectivity index (χ1) is 17.9. The van der Waals surface area contributed by atoms with Crippen molar-refractivity contribution in [3.05, 3.63) is 93.4 Å². The second-order valence-electron chi connectivity index (χ2n) is 8.59. The maximum atomic E-state index is 13.7. The van der Waals surface area contributed by atoms with Crippen LogP contribution in [0.25, 0.3) is 0 Å². The summed E-state index contributed by atoms with van der Waals surface area (Å²) in [6.07, 6.45) is 2.18. The van der Waals surface area contributed by atoms with E-state index in [0.717, 1.165) is 28.4 Å². The molecule has 3 aromatic rings. The summed E-state index contributed by atoms with van der Waals surface area (Å²) >= 11 is 9.66. The Morgan fingerprint density at radius 2 is 1.78 bits per heavy atom. The van der Waals surface area contributed by atoms with Crippen LogP contribution in [0, 0.1) is 0 Å². The smallest absolute Gasteiger partial charge is 0.261 e. The summed E-state index contributed by atoms with van der Waals surface area (Å²) in [6.45, 7) is 2.56. The van der Waals surface area contributed by atoms with Gasteiger partial charge in [0.1, 0.15) is 17.5 Å². The molecule has 0 bridgehead atoms. The van der Waals surface area contributed by atoms with Gasteiger partial charge in [-0.1, -0.05) is 83.3 Å². The number of hydrogen-bond donors (Lipinski definition) is 1. The largest absolute Gasteiger partial charge is 0.497 e. The number of nitrogens with one attached hydrogen (secondary N) is 1. The first-order valence-electron chi connectivity index (χ1n) is 12.2. The zero-order valence-corrected chi connectivity index (χ0v) is 23.4. The minimum Gasteiger partial charge on any atom is -0.497 e. The molecule has 37 heavy (non-hydrogen) atoms. The summed E-state index contributed by atoms with van der Waals surface area (Å²) in [7, 11) is 1.59. The molecule has 1 atom stereocenters. The van der Waals surface area contributed by atoms with Crippen LogP contribution in [-0.4, -0.2) is 43.0 Å². The predicted molar refractivity (Wildman–Crippen MR) is 150 cm³/mol. The van der Waals surface area contributed by atoms with E-state index >= 15 is 0 Å². The molecule has 3 aromatic carbocycles. The molecule has 0 heterocycles. The fourth-order valence-corrected chi connectivity index (χ4v) is 4.57. The Bertz CT molecular complexity index is 1180.